The molecule has 0 aromatic rings. The van der Waals surface area contributed by atoms with E-state index in [2.05, 4.69) is 24.5 Å². The first-order valence-electron chi connectivity index (χ1n) is 16.4. The number of allylic oxidation sites excluding steroid dienone is 2. The molecule has 0 aromatic heterocycles. The van der Waals surface area contributed by atoms with Crippen molar-refractivity contribution in [1.29, 1.82) is 0 Å². The van der Waals surface area contributed by atoms with Gasteiger partial charge in [0.05, 0.1) is 30.8 Å². The van der Waals surface area contributed by atoms with Crippen LogP contribution in [0, 0.1) is 17.8 Å². The number of methoxy groups -OCH3 is 1. The molecule has 2 saturated heterocycles. The number of epoxide rings is 1. The molecule has 3 rings (SSSR count). The maximum absolute atomic E-state index is 12.8. The summed E-state index contributed by atoms with van der Waals surface area (Å²) in [6.45, 7) is 12.8. The van der Waals surface area contributed by atoms with Crippen molar-refractivity contribution in [2.75, 3.05) is 20.2 Å². The van der Waals surface area contributed by atoms with Crippen LogP contribution in [-0.2, 0) is 23.7 Å². The summed E-state index contributed by atoms with van der Waals surface area (Å²) >= 11 is 0. The van der Waals surface area contributed by atoms with Gasteiger partial charge in [-0.1, -0.05) is 52.0 Å². The van der Waals surface area contributed by atoms with E-state index in [0.717, 1.165) is 25.0 Å². The van der Waals surface area contributed by atoms with Crippen LogP contribution in [0.2, 0.25) is 0 Å². The van der Waals surface area contributed by atoms with Gasteiger partial charge in [0.15, 0.2) is 6.10 Å². The van der Waals surface area contributed by atoms with Crippen molar-refractivity contribution in [1.82, 2.24) is 10.6 Å². The van der Waals surface area contributed by atoms with Crippen LogP contribution in [0.1, 0.15) is 73.6 Å². The number of carbonyl (C=O) groups excluding carboxylic acids is 2. The summed E-state index contributed by atoms with van der Waals surface area (Å²) in [7, 11) is 1.70. The Morgan fingerprint density at radius 2 is 2.00 bits per heavy atom. The van der Waals surface area contributed by atoms with Gasteiger partial charge in [-0.2, -0.15) is 0 Å². The lowest BCUT2D eigenvalue weighted by atomic mass is 9.88. The van der Waals surface area contributed by atoms with Crippen LogP contribution in [0.3, 0.4) is 0 Å². The van der Waals surface area contributed by atoms with Gasteiger partial charge >= 0.3 is 12.1 Å². The van der Waals surface area contributed by atoms with Gasteiger partial charge in [0, 0.05) is 37.5 Å². The molecule has 11 unspecified atom stereocenters. The largest absolute Gasteiger partial charge is 0.457 e. The first-order valence-corrected chi connectivity index (χ1v) is 16.4. The maximum atomic E-state index is 12.8. The van der Waals surface area contributed by atoms with Crippen molar-refractivity contribution in [3.05, 3.63) is 36.0 Å². The molecule has 45 heavy (non-hydrogen) atoms. The first-order chi connectivity index (χ1) is 21.3. The molecule has 11 heteroatoms. The van der Waals surface area contributed by atoms with Crippen molar-refractivity contribution in [3.63, 3.8) is 0 Å². The lowest BCUT2D eigenvalue weighted by molar-refractivity contribution is -0.151. The summed E-state index contributed by atoms with van der Waals surface area (Å²) in [5.41, 5.74) is -0.727. The van der Waals surface area contributed by atoms with Gasteiger partial charge in [-0.3, -0.25) is 4.79 Å². The highest BCUT2D eigenvalue weighted by molar-refractivity contribution is 5.70. The van der Waals surface area contributed by atoms with Crippen molar-refractivity contribution in [3.8, 4) is 0 Å². The number of hydrogen-bond donors (Lipinski definition) is 5. The molecular weight excluding hydrogens is 580 g/mol. The van der Waals surface area contributed by atoms with Crippen LogP contribution in [0.4, 0.5) is 4.79 Å². The summed E-state index contributed by atoms with van der Waals surface area (Å²) in [6, 6.07) is -0.0438. The minimum atomic E-state index is -1.48. The van der Waals surface area contributed by atoms with Gasteiger partial charge in [0.1, 0.15) is 17.8 Å². The molecule has 3 heterocycles. The average molecular weight is 637 g/mol. The summed E-state index contributed by atoms with van der Waals surface area (Å²) in [5.74, 6) is -0.902. The normalized spacial score (nSPS) is 36.6. The standard InChI is InChI=1S/C34H56N2O9/c1-8-26(42-7)23(5)31-32(45-31)29(39)20(2)10-9-11-21(3)30-22(4)12-13-27(43-33(40)36-24-15-17-35-19-24)34(6,41)16-14-25(37)18-28(38)44-30/h9-13,20,22-27,29-32,35,37,39,41H,8,14-19H2,1-7H3,(H,36,40)/b10-9+,13-12+,21-11+/t20?,22?,23?,24?,25?,26?,27?,29?,30?,31?,32-,34?/m0/s1. The summed E-state index contributed by atoms with van der Waals surface area (Å²) in [4.78, 5) is 25.5. The third-order valence-electron chi connectivity index (χ3n) is 9.41. The summed E-state index contributed by atoms with van der Waals surface area (Å²) < 4.78 is 22.9. The van der Waals surface area contributed by atoms with Crippen LogP contribution in [-0.4, -0.2) is 102 Å². The Hall–Kier alpha value is -2.28. The van der Waals surface area contributed by atoms with Crippen molar-refractivity contribution in [2.24, 2.45) is 17.8 Å². The lowest BCUT2D eigenvalue weighted by Gasteiger charge is -2.33. The number of ether oxygens (including phenoxy) is 4. The molecule has 3 aliphatic rings. The molecule has 0 saturated carbocycles. The van der Waals surface area contributed by atoms with E-state index >= 15 is 0 Å². The van der Waals surface area contributed by atoms with Gasteiger partial charge in [-0.25, -0.2) is 4.79 Å². The fourth-order valence-electron chi connectivity index (χ4n) is 6.23. The number of rotatable bonds is 11. The van der Waals surface area contributed by atoms with Gasteiger partial charge in [0.2, 0.25) is 0 Å². The van der Waals surface area contributed by atoms with Gasteiger partial charge in [-0.05, 0) is 57.7 Å². The second-order valence-electron chi connectivity index (χ2n) is 13.3. The lowest BCUT2D eigenvalue weighted by Crippen LogP contribution is -2.46. The minimum absolute atomic E-state index is 0.0438. The molecule has 0 radical (unpaired) electrons. The summed E-state index contributed by atoms with van der Waals surface area (Å²) in [6.07, 6.45) is 6.45. The Morgan fingerprint density at radius 1 is 1.27 bits per heavy atom. The Kier molecular flexibility index (Phi) is 14.1. The summed E-state index contributed by atoms with van der Waals surface area (Å²) in [5, 5.41) is 38.7. The second kappa shape index (κ2) is 17.0. The maximum Gasteiger partial charge on any atom is 0.408 e. The number of carbonyl (C=O) groups is 2. The quantitative estimate of drug-likeness (QED) is 0.0987. The second-order valence-corrected chi connectivity index (χ2v) is 13.3. The molecule has 3 aliphatic heterocycles. The van der Waals surface area contributed by atoms with E-state index < -0.39 is 42.1 Å². The molecule has 0 bridgehead atoms. The molecular formula is C34H56N2O9. The van der Waals surface area contributed by atoms with Gasteiger partial charge in [-0.15, -0.1) is 0 Å². The minimum Gasteiger partial charge on any atom is -0.457 e. The fourth-order valence-corrected chi connectivity index (χ4v) is 6.23. The molecule has 12 atom stereocenters. The number of nitrogens with one attached hydrogen (secondary N) is 2. The number of esters is 1. The molecule has 11 nitrogen and oxygen atoms in total. The first kappa shape index (κ1) is 37.2. The van der Waals surface area contributed by atoms with Crippen molar-refractivity contribution >= 4 is 12.1 Å². The number of hydrogen-bond acceptors (Lipinski definition) is 10. The van der Waals surface area contributed by atoms with E-state index in [1.807, 2.05) is 39.0 Å². The highest BCUT2D eigenvalue weighted by Crippen LogP contribution is 2.37. The molecule has 2 fully saturated rings. The molecule has 0 aliphatic carbocycles. The van der Waals surface area contributed by atoms with E-state index in [1.165, 1.54) is 0 Å². The van der Waals surface area contributed by atoms with Crippen molar-refractivity contribution < 1.29 is 43.9 Å². The zero-order valence-electron chi connectivity index (χ0n) is 28.0. The number of alkyl carbamates (subject to hydrolysis) is 1. The third-order valence-corrected chi connectivity index (χ3v) is 9.41. The Morgan fingerprint density at radius 3 is 2.64 bits per heavy atom. The van der Waals surface area contributed by atoms with Crippen LogP contribution in [0.25, 0.3) is 0 Å². The van der Waals surface area contributed by atoms with Crippen LogP contribution >= 0.6 is 0 Å². The smallest absolute Gasteiger partial charge is 0.408 e. The van der Waals surface area contributed by atoms with E-state index in [9.17, 15) is 24.9 Å². The Balaban J connectivity index is 1.71. The van der Waals surface area contributed by atoms with E-state index in [1.54, 1.807) is 26.2 Å². The van der Waals surface area contributed by atoms with E-state index in [-0.39, 0.29) is 61.4 Å². The van der Waals surface area contributed by atoms with Crippen LogP contribution in [0.15, 0.2) is 36.0 Å². The monoisotopic (exact) mass is 636 g/mol. The average Bonchev–Trinajstić information content (AvgIpc) is 3.63. The fraction of sp³-hybridized carbons (Fsp3) is 0.765. The number of amides is 1. The highest BCUT2D eigenvalue weighted by atomic mass is 16.6. The van der Waals surface area contributed by atoms with Gasteiger partial charge in [0.25, 0.3) is 0 Å². The molecule has 0 spiro atoms. The number of aliphatic hydroxyl groups is 3. The predicted octanol–water partition coefficient (Wildman–Crippen LogP) is 3.17. The zero-order valence-corrected chi connectivity index (χ0v) is 28.0. The highest BCUT2D eigenvalue weighted by Gasteiger charge is 2.50. The zero-order chi connectivity index (χ0) is 33.3. The van der Waals surface area contributed by atoms with Crippen LogP contribution < -0.4 is 10.6 Å². The van der Waals surface area contributed by atoms with Crippen molar-refractivity contribution in [2.45, 2.75) is 128 Å². The topological polar surface area (TPSA) is 159 Å². The third kappa shape index (κ3) is 10.9. The number of cyclic esters (lactones) is 1. The predicted molar refractivity (Wildman–Crippen MR) is 170 cm³/mol. The van der Waals surface area contributed by atoms with Gasteiger partial charge < -0.3 is 44.9 Å². The SMILES string of the molecule is CCC(OC)C(C)C1O[C@H]1C(O)C(C)/C=C/C=C(\C)C1OC(=O)CC(O)CCC(C)(O)C(OC(=O)NC2CCNC2)/C=C/C1C. The van der Waals surface area contributed by atoms with Crippen LogP contribution in [0.5, 0.6) is 0 Å². The Labute approximate surface area is 268 Å². The molecule has 5 N–H and O–H groups in total. The van der Waals surface area contributed by atoms with E-state index in [0.29, 0.717) is 6.54 Å². The molecule has 1 amide bonds. The van der Waals surface area contributed by atoms with E-state index in [4.69, 9.17) is 18.9 Å². The molecule has 0 aromatic carbocycles. The number of aliphatic hydroxyl groups excluding tert-OH is 2. The molecule has 256 valence electrons. The Bertz CT molecular complexity index is 1050.